The van der Waals surface area contributed by atoms with Gasteiger partial charge < -0.3 is 0 Å². The van der Waals surface area contributed by atoms with Crippen LogP contribution < -0.4 is 0 Å². The molecule has 0 amide bonds. The third-order valence-corrected chi connectivity index (χ3v) is 2.70. The first-order chi connectivity index (χ1) is 6.09. The van der Waals surface area contributed by atoms with Crippen LogP contribution in [0.1, 0.15) is 39.0 Å². The monoisotopic (exact) mass is 244 g/mol. The fourth-order valence-corrected chi connectivity index (χ4v) is 1.74. The van der Waals surface area contributed by atoms with Crippen LogP contribution in [-0.4, -0.2) is 16.0 Å². The minimum atomic E-state index is -0.978. The molecule has 0 saturated carbocycles. The number of carbonyl (C=O) groups is 1. The Morgan fingerprint density at radius 1 is 1.15 bits per heavy atom. The summed E-state index contributed by atoms with van der Waals surface area (Å²) in [6.07, 6.45) is 5.12. The van der Waals surface area contributed by atoms with E-state index in [4.69, 9.17) is 34.8 Å². The lowest BCUT2D eigenvalue weighted by Crippen LogP contribution is -2.20. The van der Waals surface area contributed by atoms with E-state index in [0.717, 1.165) is 12.8 Å². The van der Waals surface area contributed by atoms with Crippen molar-refractivity contribution in [3.63, 3.8) is 0 Å². The number of hydrogen-bond acceptors (Lipinski definition) is 1. The molecule has 0 radical (unpaired) electrons. The second kappa shape index (κ2) is 7.90. The van der Waals surface area contributed by atoms with E-state index in [2.05, 4.69) is 6.92 Å². The third kappa shape index (κ3) is 6.59. The molecule has 0 aliphatic rings. The molecule has 0 rings (SSSR count). The Morgan fingerprint density at radius 2 is 1.77 bits per heavy atom. The molecule has 0 spiro atoms. The van der Waals surface area contributed by atoms with E-state index in [1.54, 1.807) is 0 Å². The van der Waals surface area contributed by atoms with E-state index in [9.17, 15) is 4.79 Å². The van der Waals surface area contributed by atoms with E-state index in [-0.39, 0.29) is 5.78 Å². The quantitative estimate of drug-likeness (QED) is 0.490. The van der Waals surface area contributed by atoms with Gasteiger partial charge in [0.05, 0.1) is 5.38 Å². The Labute approximate surface area is 94.7 Å². The molecule has 0 heterocycles. The molecule has 0 aromatic rings. The number of unbranched alkanes of at least 4 members (excludes halogenated alkanes) is 3. The molecule has 1 unspecified atom stereocenters. The molecule has 0 aromatic heterocycles. The first kappa shape index (κ1) is 13.5. The van der Waals surface area contributed by atoms with E-state index in [1.165, 1.54) is 12.8 Å². The van der Waals surface area contributed by atoms with Crippen molar-refractivity contribution in [1.29, 1.82) is 0 Å². The van der Waals surface area contributed by atoms with Crippen LogP contribution in [0.5, 0.6) is 0 Å². The van der Waals surface area contributed by atoms with Gasteiger partial charge in [0.1, 0.15) is 0 Å². The van der Waals surface area contributed by atoms with Gasteiger partial charge in [0, 0.05) is 0 Å². The SMILES string of the molecule is CCCCCCC(Cl)C(=O)C(Cl)Cl. The largest absolute Gasteiger partial charge is 0.295 e. The number of Topliss-reactive ketones (excluding diaryl/α,β-unsaturated/α-hetero) is 1. The van der Waals surface area contributed by atoms with Crippen LogP contribution in [0.2, 0.25) is 0 Å². The molecular weight excluding hydrogens is 230 g/mol. The zero-order valence-electron chi connectivity index (χ0n) is 7.73. The van der Waals surface area contributed by atoms with Crippen molar-refractivity contribution in [1.82, 2.24) is 0 Å². The highest BCUT2D eigenvalue weighted by Crippen LogP contribution is 2.16. The predicted molar refractivity (Wildman–Crippen MR) is 58.9 cm³/mol. The molecule has 0 aliphatic heterocycles. The Hall–Kier alpha value is 0.540. The minimum absolute atomic E-state index is 0.276. The molecule has 0 saturated heterocycles. The summed E-state index contributed by atoms with van der Waals surface area (Å²) in [4.78, 5) is 10.1. The van der Waals surface area contributed by atoms with Crippen LogP contribution >= 0.6 is 34.8 Å². The van der Waals surface area contributed by atoms with Crippen LogP contribution in [0, 0.1) is 0 Å². The Kier molecular flexibility index (Phi) is 8.23. The van der Waals surface area contributed by atoms with Crippen LogP contribution in [0.3, 0.4) is 0 Å². The van der Waals surface area contributed by atoms with Crippen molar-refractivity contribution < 1.29 is 4.79 Å². The zero-order chi connectivity index (χ0) is 10.3. The molecule has 0 N–H and O–H groups in total. The van der Waals surface area contributed by atoms with Crippen molar-refractivity contribution >= 4 is 40.6 Å². The number of rotatable bonds is 7. The van der Waals surface area contributed by atoms with E-state index < -0.39 is 10.2 Å². The summed E-state index contributed by atoms with van der Waals surface area (Å²) < 4.78 is 0. The van der Waals surface area contributed by atoms with Crippen molar-refractivity contribution in [2.24, 2.45) is 0 Å². The normalized spacial score (nSPS) is 13.3. The van der Waals surface area contributed by atoms with Crippen LogP contribution in [0.25, 0.3) is 0 Å². The topological polar surface area (TPSA) is 17.1 Å². The Bertz CT molecular complexity index is 148. The molecule has 1 nitrogen and oxygen atoms in total. The van der Waals surface area contributed by atoms with Crippen LogP contribution in [0.4, 0.5) is 0 Å². The molecule has 0 bridgehead atoms. The van der Waals surface area contributed by atoms with Gasteiger partial charge in [-0.1, -0.05) is 55.8 Å². The third-order valence-electron chi connectivity index (χ3n) is 1.83. The average molecular weight is 246 g/mol. The molecule has 1 atom stereocenters. The highest BCUT2D eigenvalue weighted by atomic mass is 35.5. The van der Waals surface area contributed by atoms with Gasteiger partial charge in [-0.25, -0.2) is 0 Å². The van der Waals surface area contributed by atoms with Crippen LogP contribution in [0.15, 0.2) is 0 Å². The predicted octanol–water partition coefficient (Wildman–Crippen LogP) is 3.94. The summed E-state index contributed by atoms with van der Waals surface area (Å²) in [7, 11) is 0. The summed E-state index contributed by atoms with van der Waals surface area (Å²) in [5, 5.41) is -0.517. The highest BCUT2D eigenvalue weighted by Gasteiger charge is 2.20. The number of ketones is 1. The standard InChI is InChI=1S/C9H15Cl3O/c1-2-3-4-5-6-7(10)8(13)9(11)12/h7,9H,2-6H2,1H3. The molecule has 0 fully saturated rings. The minimum Gasteiger partial charge on any atom is -0.295 e. The maximum Gasteiger partial charge on any atom is 0.183 e. The Balaban J connectivity index is 3.50. The summed E-state index contributed by atoms with van der Waals surface area (Å²) in [6.45, 7) is 2.14. The van der Waals surface area contributed by atoms with Crippen molar-refractivity contribution in [2.75, 3.05) is 0 Å². The maximum atomic E-state index is 11.1. The van der Waals surface area contributed by atoms with E-state index >= 15 is 0 Å². The van der Waals surface area contributed by atoms with Gasteiger partial charge >= 0.3 is 0 Å². The van der Waals surface area contributed by atoms with Gasteiger partial charge in [0.25, 0.3) is 0 Å². The summed E-state index contributed by atoms with van der Waals surface area (Å²) in [5.41, 5.74) is 0. The zero-order valence-corrected chi connectivity index (χ0v) is 10.0. The first-order valence-electron chi connectivity index (χ1n) is 4.55. The lowest BCUT2D eigenvalue weighted by Gasteiger charge is -2.07. The number of carbonyl (C=O) groups excluding carboxylic acids is 1. The second-order valence-electron chi connectivity index (χ2n) is 3.02. The van der Waals surface area contributed by atoms with Crippen LogP contribution in [-0.2, 0) is 4.79 Å². The average Bonchev–Trinajstić information content (AvgIpc) is 2.10. The van der Waals surface area contributed by atoms with Gasteiger partial charge in [-0.2, -0.15) is 0 Å². The molecule has 0 aliphatic carbocycles. The second-order valence-corrected chi connectivity index (χ2v) is 4.64. The molecular formula is C9H15Cl3O. The van der Waals surface area contributed by atoms with Gasteiger partial charge in [-0.3, -0.25) is 4.79 Å². The van der Waals surface area contributed by atoms with Gasteiger partial charge in [-0.15, -0.1) is 11.6 Å². The summed E-state index contributed by atoms with van der Waals surface area (Å²) in [5.74, 6) is -0.276. The van der Waals surface area contributed by atoms with Crippen molar-refractivity contribution in [3.05, 3.63) is 0 Å². The summed E-state index contributed by atoms with van der Waals surface area (Å²) in [6, 6.07) is 0. The highest BCUT2D eigenvalue weighted by molar-refractivity contribution is 6.56. The van der Waals surface area contributed by atoms with Gasteiger partial charge in [0.2, 0.25) is 0 Å². The van der Waals surface area contributed by atoms with E-state index in [0.29, 0.717) is 6.42 Å². The lowest BCUT2D eigenvalue weighted by molar-refractivity contribution is -0.117. The molecule has 13 heavy (non-hydrogen) atoms. The lowest BCUT2D eigenvalue weighted by atomic mass is 10.1. The number of alkyl halides is 3. The van der Waals surface area contributed by atoms with E-state index in [1.807, 2.05) is 0 Å². The molecule has 0 aromatic carbocycles. The van der Waals surface area contributed by atoms with Crippen molar-refractivity contribution in [2.45, 2.75) is 49.2 Å². The number of hydrogen-bond donors (Lipinski definition) is 0. The Morgan fingerprint density at radius 3 is 2.23 bits per heavy atom. The summed E-state index contributed by atoms with van der Waals surface area (Å²) >= 11 is 16.6. The molecule has 4 heteroatoms. The maximum absolute atomic E-state index is 11.1. The first-order valence-corrected chi connectivity index (χ1v) is 5.86. The number of halogens is 3. The fourth-order valence-electron chi connectivity index (χ4n) is 1.03. The van der Waals surface area contributed by atoms with Gasteiger partial charge in [-0.05, 0) is 6.42 Å². The van der Waals surface area contributed by atoms with Gasteiger partial charge in [0.15, 0.2) is 10.6 Å². The smallest absolute Gasteiger partial charge is 0.183 e. The van der Waals surface area contributed by atoms with Crippen molar-refractivity contribution in [3.8, 4) is 0 Å². The molecule has 78 valence electrons. The fraction of sp³-hybridized carbons (Fsp3) is 0.889.